The van der Waals surface area contributed by atoms with E-state index in [1.165, 1.54) is 0 Å². The summed E-state index contributed by atoms with van der Waals surface area (Å²) in [5.41, 5.74) is 0. The summed E-state index contributed by atoms with van der Waals surface area (Å²) in [7, 11) is -8.31. The molecule has 0 atom stereocenters. The second kappa shape index (κ2) is 5.40. The van der Waals surface area contributed by atoms with Gasteiger partial charge in [-0.05, 0) is 20.8 Å². The lowest BCUT2D eigenvalue weighted by Crippen LogP contribution is -2.03. The van der Waals surface area contributed by atoms with Gasteiger partial charge in [-0.25, -0.2) is 0 Å². The van der Waals surface area contributed by atoms with Gasteiger partial charge < -0.3 is 18.8 Å². The van der Waals surface area contributed by atoms with E-state index in [1.54, 1.807) is 13.8 Å². The van der Waals surface area contributed by atoms with Gasteiger partial charge in [-0.3, -0.25) is 9.13 Å². The molecule has 0 saturated carbocycles. The third-order valence-electron chi connectivity index (χ3n) is 1.42. The summed E-state index contributed by atoms with van der Waals surface area (Å²) in [6, 6.07) is 0. The Morgan fingerprint density at radius 2 is 1.50 bits per heavy atom. The largest absolute Gasteiger partial charge is 0.350 e. The minimum atomic E-state index is -4.53. The van der Waals surface area contributed by atoms with Crippen LogP contribution in [0.4, 0.5) is 0 Å². The van der Waals surface area contributed by atoms with Crippen LogP contribution < -0.4 is 0 Å². The topological polar surface area (TPSA) is 93.1 Å². The SMILES string of the molecule is CCOP(=O)(OCC)[C](C)P(=O)(O)O. The van der Waals surface area contributed by atoms with Crippen LogP contribution in [-0.4, -0.2) is 23.0 Å². The third kappa shape index (κ3) is 3.81. The van der Waals surface area contributed by atoms with Crippen molar-refractivity contribution in [2.45, 2.75) is 20.8 Å². The van der Waals surface area contributed by atoms with Gasteiger partial charge in [-0.2, -0.15) is 0 Å². The molecule has 0 aromatic carbocycles. The second-order valence-electron chi connectivity index (χ2n) is 2.42. The molecule has 85 valence electrons. The fraction of sp³-hybridized carbons (Fsp3) is 0.833. The van der Waals surface area contributed by atoms with Crippen molar-refractivity contribution in [2.24, 2.45) is 0 Å². The molecule has 0 bridgehead atoms. The average molecular weight is 245 g/mol. The van der Waals surface area contributed by atoms with Gasteiger partial charge in [0.15, 0.2) is 5.40 Å². The van der Waals surface area contributed by atoms with Gasteiger partial charge in [-0.15, -0.1) is 0 Å². The monoisotopic (exact) mass is 245 g/mol. The summed E-state index contributed by atoms with van der Waals surface area (Å²) in [4.78, 5) is 17.6. The average Bonchev–Trinajstić information content (AvgIpc) is 2.02. The van der Waals surface area contributed by atoms with Crippen LogP contribution in [0.5, 0.6) is 0 Å². The van der Waals surface area contributed by atoms with E-state index in [9.17, 15) is 9.13 Å². The van der Waals surface area contributed by atoms with Gasteiger partial charge in [0, 0.05) is 0 Å². The predicted molar refractivity (Wildman–Crippen MR) is 51.8 cm³/mol. The molecule has 0 fully saturated rings. The highest BCUT2D eigenvalue weighted by molar-refractivity contribution is 7.76. The van der Waals surface area contributed by atoms with Crippen molar-refractivity contribution in [2.75, 3.05) is 13.2 Å². The highest BCUT2D eigenvalue weighted by atomic mass is 31.2. The van der Waals surface area contributed by atoms with Crippen molar-refractivity contribution in [1.29, 1.82) is 0 Å². The van der Waals surface area contributed by atoms with Crippen molar-refractivity contribution in [3.05, 3.63) is 5.40 Å². The van der Waals surface area contributed by atoms with E-state index in [0.29, 0.717) is 0 Å². The maximum absolute atomic E-state index is 11.8. The standard InChI is InChI=1S/C6H15O6P2/c1-4-11-14(10,12-5-2)6(3)13(7,8)9/h4-5H2,1-3H3,(H2,7,8,9). The third-order valence-corrected chi connectivity index (χ3v) is 5.76. The number of hydrogen-bond donors (Lipinski definition) is 2. The molecule has 0 aliphatic carbocycles. The number of rotatable bonds is 6. The van der Waals surface area contributed by atoms with E-state index in [4.69, 9.17) is 18.8 Å². The van der Waals surface area contributed by atoms with E-state index in [2.05, 4.69) is 0 Å². The maximum atomic E-state index is 11.8. The zero-order chi connectivity index (χ0) is 11.4. The fourth-order valence-corrected chi connectivity index (χ4v) is 3.47. The Morgan fingerprint density at radius 3 is 1.71 bits per heavy atom. The highest BCUT2D eigenvalue weighted by Gasteiger charge is 2.44. The lowest BCUT2D eigenvalue weighted by molar-refractivity contribution is 0.222. The van der Waals surface area contributed by atoms with E-state index in [-0.39, 0.29) is 13.2 Å². The molecule has 6 nitrogen and oxygen atoms in total. The quantitative estimate of drug-likeness (QED) is 0.694. The van der Waals surface area contributed by atoms with E-state index < -0.39 is 20.6 Å². The van der Waals surface area contributed by atoms with E-state index >= 15 is 0 Å². The highest BCUT2D eigenvalue weighted by Crippen LogP contribution is 2.71. The molecular formula is C6H15O6P2. The normalized spacial score (nSPS) is 13.6. The smallest absolute Gasteiger partial charge is 0.324 e. The zero-order valence-corrected chi connectivity index (χ0v) is 10.1. The summed E-state index contributed by atoms with van der Waals surface area (Å²) < 4.78 is 32.2. The first-order valence-electron chi connectivity index (χ1n) is 4.07. The molecule has 0 spiro atoms. The predicted octanol–water partition coefficient (Wildman–Crippen LogP) is 1.94. The summed E-state index contributed by atoms with van der Waals surface area (Å²) in [5.74, 6) is 0. The van der Waals surface area contributed by atoms with Gasteiger partial charge >= 0.3 is 15.2 Å². The Kier molecular flexibility index (Phi) is 5.52. The molecule has 0 aliphatic heterocycles. The van der Waals surface area contributed by atoms with Gasteiger partial charge in [0.05, 0.1) is 13.2 Å². The molecule has 0 aromatic rings. The molecule has 8 heteroatoms. The Labute approximate surface area is 83.3 Å². The first kappa shape index (κ1) is 14.3. The van der Waals surface area contributed by atoms with Crippen molar-refractivity contribution >= 4 is 15.2 Å². The van der Waals surface area contributed by atoms with Crippen molar-refractivity contribution in [3.63, 3.8) is 0 Å². The van der Waals surface area contributed by atoms with Gasteiger partial charge in [0.1, 0.15) is 0 Å². The Balaban J connectivity index is 4.82. The fourth-order valence-electron chi connectivity index (χ4n) is 0.724. The molecule has 0 rings (SSSR count). The Hall–Kier alpha value is 0.300. The van der Waals surface area contributed by atoms with Gasteiger partial charge in [0.2, 0.25) is 0 Å². The summed E-state index contributed by atoms with van der Waals surface area (Å²) >= 11 is 0. The van der Waals surface area contributed by atoms with Crippen molar-refractivity contribution < 1.29 is 28.0 Å². The molecule has 2 N–H and O–H groups in total. The molecule has 0 unspecified atom stereocenters. The van der Waals surface area contributed by atoms with Crippen LogP contribution in [0.25, 0.3) is 0 Å². The van der Waals surface area contributed by atoms with Crippen LogP contribution in [0.2, 0.25) is 0 Å². The Bertz CT molecular complexity index is 249. The first-order valence-corrected chi connectivity index (χ1v) is 7.22. The minimum absolute atomic E-state index is 0.0641. The van der Waals surface area contributed by atoms with Crippen LogP contribution in [-0.2, 0) is 18.2 Å². The Morgan fingerprint density at radius 1 is 1.14 bits per heavy atom. The number of hydrogen-bond acceptors (Lipinski definition) is 4. The van der Waals surface area contributed by atoms with Gasteiger partial charge in [0.25, 0.3) is 0 Å². The molecule has 0 amide bonds. The summed E-state index contributed by atoms with van der Waals surface area (Å²) in [6.07, 6.45) is 0. The van der Waals surface area contributed by atoms with E-state index in [0.717, 1.165) is 6.92 Å². The summed E-state index contributed by atoms with van der Waals surface area (Å²) in [6.45, 7) is 4.34. The maximum Gasteiger partial charge on any atom is 0.350 e. The molecule has 14 heavy (non-hydrogen) atoms. The molecule has 0 saturated heterocycles. The van der Waals surface area contributed by atoms with Crippen LogP contribution in [0.15, 0.2) is 0 Å². The van der Waals surface area contributed by atoms with E-state index in [1.807, 2.05) is 0 Å². The first-order chi connectivity index (χ1) is 6.28. The molecule has 0 aromatic heterocycles. The van der Waals surface area contributed by atoms with Crippen molar-refractivity contribution in [1.82, 2.24) is 0 Å². The molecule has 0 heterocycles. The van der Waals surface area contributed by atoms with Crippen molar-refractivity contribution in [3.8, 4) is 0 Å². The summed E-state index contributed by atoms with van der Waals surface area (Å²) in [5, 5.41) is -0.547. The van der Waals surface area contributed by atoms with Crippen LogP contribution in [0.1, 0.15) is 20.8 Å². The molecule has 1 radical (unpaired) electrons. The zero-order valence-electron chi connectivity index (χ0n) is 8.34. The van der Waals surface area contributed by atoms with Crippen LogP contribution in [0.3, 0.4) is 0 Å². The lowest BCUT2D eigenvalue weighted by atomic mass is 10.9. The van der Waals surface area contributed by atoms with Gasteiger partial charge in [-0.1, -0.05) is 0 Å². The minimum Gasteiger partial charge on any atom is -0.324 e. The van der Waals surface area contributed by atoms with Crippen LogP contribution in [0, 0.1) is 5.40 Å². The second-order valence-corrected chi connectivity index (χ2v) is 6.72. The molecular weight excluding hydrogens is 230 g/mol. The lowest BCUT2D eigenvalue weighted by Gasteiger charge is -2.22. The molecule has 0 aliphatic rings. The van der Waals surface area contributed by atoms with Crippen LogP contribution >= 0.6 is 15.2 Å².